The summed E-state index contributed by atoms with van der Waals surface area (Å²) in [5.41, 5.74) is 3.35. The molecule has 0 aliphatic rings. The van der Waals surface area contributed by atoms with Crippen LogP contribution in [-0.4, -0.2) is 0 Å². The Bertz CT molecular complexity index is 1490. The zero-order valence-corrected chi connectivity index (χ0v) is 17.9. The largest absolute Gasteiger partial charge is 0.489 e. The summed E-state index contributed by atoms with van der Waals surface area (Å²) in [6.45, 7) is 4.34. The van der Waals surface area contributed by atoms with E-state index in [1.807, 2.05) is 50.2 Å². The van der Waals surface area contributed by atoms with Crippen molar-refractivity contribution in [2.24, 2.45) is 0 Å². The molecule has 0 saturated heterocycles. The molecule has 0 fully saturated rings. The van der Waals surface area contributed by atoms with Crippen LogP contribution in [-0.2, 0) is 6.61 Å². The van der Waals surface area contributed by atoms with E-state index in [0.29, 0.717) is 29.1 Å². The lowest BCUT2D eigenvalue weighted by Crippen LogP contribution is -2.05. The monoisotopic (exact) mass is 422 g/mol. The van der Waals surface area contributed by atoms with Gasteiger partial charge in [0.1, 0.15) is 30.0 Å². The van der Waals surface area contributed by atoms with Gasteiger partial charge in [0.25, 0.3) is 0 Å². The fraction of sp³-hybridized carbons (Fsp3) is 0.107. The van der Waals surface area contributed by atoms with E-state index >= 15 is 0 Å². The lowest BCUT2D eigenvalue weighted by Gasteiger charge is -2.11. The van der Waals surface area contributed by atoms with E-state index in [1.165, 1.54) is 11.6 Å². The van der Waals surface area contributed by atoms with Gasteiger partial charge in [0.2, 0.25) is 11.2 Å². The summed E-state index contributed by atoms with van der Waals surface area (Å²) in [4.78, 5) is 12.9. The first-order valence-electron chi connectivity index (χ1n) is 10.5. The number of fused-ring (bicyclic) bond motifs is 2. The van der Waals surface area contributed by atoms with Crippen LogP contribution >= 0.6 is 0 Å². The van der Waals surface area contributed by atoms with Gasteiger partial charge in [0, 0.05) is 6.07 Å². The third-order valence-electron chi connectivity index (χ3n) is 5.55. The van der Waals surface area contributed by atoms with Crippen molar-refractivity contribution in [2.45, 2.75) is 20.5 Å². The van der Waals surface area contributed by atoms with Crippen LogP contribution in [0.2, 0.25) is 0 Å². The van der Waals surface area contributed by atoms with Crippen molar-refractivity contribution in [1.29, 1.82) is 0 Å². The van der Waals surface area contributed by atoms with Crippen molar-refractivity contribution < 1.29 is 13.9 Å². The lowest BCUT2D eigenvalue weighted by atomic mass is 10.1. The highest BCUT2D eigenvalue weighted by Crippen LogP contribution is 2.27. The number of rotatable bonds is 5. The van der Waals surface area contributed by atoms with Crippen molar-refractivity contribution in [1.82, 2.24) is 0 Å². The summed E-state index contributed by atoms with van der Waals surface area (Å²) in [7, 11) is 0. The predicted molar refractivity (Wildman–Crippen MR) is 127 cm³/mol. The molecule has 0 bridgehead atoms. The molecule has 0 atom stereocenters. The Morgan fingerprint density at radius 2 is 1.66 bits per heavy atom. The summed E-state index contributed by atoms with van der Waals surface area (Å²) in [5, 5.41) is 2.79. The van der Waals surface area contributed by atoms with Crippen LogP contribution in [0.5, 0.6) is 17.2 Å². The van der Waals surface area contributed by atoms with Gasteiger partial charge in [-0.2, -0.15) is 0 Å². The molecule has 4 nitrogen and oxygen atoms in total. The number of hydrogen-bond donors (Lipinski definition) is 0. The van der Waals surface area contributed by atoms with Crippen LogP contribution in [0, 0.1) is 13.8 Å². The molecule has 5 aromatic rings. The second-order valence-electron chi connectivity index (χ2n) is 7.89. The van der Waals surface area contributed by atoms with Gasteiger partial charge in [-0.3, -0.25) is 4.79 Å². The quantitative estimate of drug-likeness (QED) is 0.308. The number of benzene rings is 4. The maximum absolute atomic E-state index is 12.9. The van der Waals surface area contributed by atoms with Crippen molar-refractivity contribution in [3.05, 3.63) is 112 Å². The normalized spacial score (nSPS) is 11.1. The summed E-state index contributed by atoms with van der Waals surface area (Å²) >= 11 is 0. The van der Waals surface area contributed by atoms with Gasteiger partial charge in [0.05, 0.1) is 5.39 Å². The molecule has 32 heavy (non-hydrogen) atoms. The third kappa shape index (κ3) is 3.83. The highest BCUT2D eigenvalue weighted by molar-refractivity contribution is 5.85. The van der Waals surface area contributed by atoms with Crippen LogP contribution in [0.25, 0.3) is 21.7 Å². The van der Waals surface area contributed by atoms with Gasteiger partial charge in [-0.1, -0.05) is 54.6 Å². The molecule has 0 amide bonds. The van der Waals surface area contributed by atoms with Gasteiger partial charge in [-0.05, 0) is 59.5 Å². The molecular formula is C28H22O4. The summed E-state index contributed by atoms with van der Waals surface area (Å²) < 4.78 is 17.6. The van der Waals surface area contributed by atoms with Crippen molar-refractivity contribution in [3.63, 3.8) is 0 Å². The van der Waals surface area contributed by atoms with Crippen LogP contribution in [0.1, 0.15) is 16.7 Å². The molecule has 0 spiro atoms. The molecule has 4 aromatic carbocycles. The zero-order chi connectivity index (χ0) is 22.1. The van der Waals surface area contributed by atoms with Crippen LogP contribution in [0.15, 0.2) is 94.3 Å². The second-order valence-corrected chi connectivity index (χ2v) is 7.89. The third-order valence-corrected chi connectivity index (χ3v) is 5.55. The van der Waals surface area contributed by atoms with E-state index in [1.54, 1.807) is 18.2 Å². The Morgan fingerprint density at radius 3 is 2.56 bits per heavy atom. The van der Waals surface area contributed by atoms with Gasteiger partial charge < -0.3 is 13.9 Å². The SMILES string of the molecule is Cc1ccc(C)c(Oc2coc3cc(OCc4cccc5ccccc45)ccc3c2=O)c1. The second kappa shape index (κ2) is 8.23. The first-order valence-corrected chi connectivity index (χ1v) is 10.5. The molecule has 0 radical (unpaired) electrons. The molecule has 0 N–H and O–H groups in total. The van der Waals surface area contributed by atoms with E-state index < -0.39 is 0 Å². The first kappa shape index (κ1) is 19.9. The fourth-order valence-electron chi connectivity index (χ4n) is 3.77. The minimum absolute atomic E-state index is 0.163. The predicted octanol–water partition coefficient (Wildman–Crippen LogP) is 6.93. The Labute approximate surface area is 185 Å². The first-order chi connectivity index (χ1) is 15.6. The topological polar surface area (TPSA) is 48.7 Å². The van der Waals surface area contributed by atoms with Crippen LogP contribution in [0.3, 0.4) is 0 Å². The molecule has 1 heterocycles. The van der Waals surface area contributed by atoms with Gasteiger partial charge in [-0.25, -0.2) is 0 Å². The molecule has 158 valence electrons. The average molecular weight is 422 g/mol. The fourth-order valence-corrected chi connectivity index (χ4v) is 3.77. The van der Waals surface area contributed by atoms with Gasteiger partial charge in [0.15, 0.2) is 0 Å². The Balaban J connectivity index is 1.40. The molecule has 0 saturated carbocycles. The van der Waals surface area contributed by atoms with Crippen LogP contribution in [0.4, 0.5) is 0 Å². The van der Waals surface area contributed by atoms with Gasteiger partial charge >= 0.3 is 0 Å². The maximum atomic E-state index is 12.9. The van der Waals surface area contributed by atoms with Crippen molar-refractivity contribution >= 4 is 21.7 Å². The molecule has 5 rings (SSSR count). The molecular weight excluding hydrogens is 400 g/mol. The molecule has 4 heteroatoms. The van der Waals surface area contributed by atoms with Crippen LogP contribution < -0.4 is 14.9 Å². The summed E-state index contributed by atoms with van der Waals surface area (Å²) in [6.07, 6.45) is 1.36. The standard InChI is InChI=1S/C28H22O4/c1-18-10-11-19(2)25(14-18)32-27-17-31-26-15-22(12-13-24(26)28(27)29)30-16-21-8-5-7-20-6-3-4-9-23(20)21/h3-15,17H,16H2,1-2H3. The minimum atomic E-state index is -0.215. The Morgan fingerprint density at radius 1 is 0.812 bits per heavy atom. The molecule has 1 aromatic heterocycles. The molecule has 0 unspecified atom stereocenters. The van der Waals surface area contributed by atoms with E-state index in [4.69, 9.17) is 13.9 Å². The number of ether oxygens (including phenoxy) is 2. The van der Waals surface area contributed by atoms with E-state index in [-0.39, 0.29) is 11.2 Å². The molecule has 0 aliphatic carbocycles. The van der Waals surface area contributed by atoms with E-state index in [0.717, 1.165) is 22.1 Å². The summed E-state index contributed by atoms with van der Waals surface area (Å²) in [6, 6.07) is 25.5. The van der Waals surface area contributed by atoms with Crippen molar-refractivity contribution in [2.75, 3.05) is 0 Å². The minimum Gasteiger partial charge on any atom is -0.489 e. The van der Waals surface area contributed by atoms with E-state index in [9.17, 15) is 4.79 Å². The van der Waals surface area contributed by atoms with E-state index in [2.05, 4.69) is 24.3 Å². The van der Waals surface area contributed by atoms with Gasteiger partial charge in [-0.15, -0.1) is 0 Å². The average Bonchev–Trinajstić information content (AvgIpc) is 2.81. The lowest BCUT2D eigenvalue weighted by molar-refractivity contribution is 0.307. The Hall–Kier alpha value is -4.05. The molecule has 0 aliphatic heterocycles. The maximum Gasteiger partial charge on any atom is 0.235 e. The zero-order valence-electron chi connectivity index (χ0n) is 17.9. The smallest absolute Gasteiger partial charge is 0.235 e. The van der Waals surface area contributed by atoms with Crippen molar-refractivity contribution in [3.8, 4) is 17.2 Å². The Kier molecular flexibility index (Phi) is 5.12. The highest BCUT2D eigenvalue weighted by Gasteiger charge is 2.12. The number of hydrogen-bond acceptors (Lipinski definition) is 4. The highest BCUT2D eigenvalue weighted by atomic mass is 16.5. The number of aryl methyl sites for hydroxylation is 2. The summed E-state index contributed by atoms with van der Waals surface area (Å²) in [5.74, 6) is 1.44.